The third-order valence-electron chi connectivity index (χ3n) is 5.21. The zero-order chi connectivity index (χ0) is 21.0. The van der Waals surface area contributed by atoms with Gasteiger partial charge in [-0.1, -0.05) is 6.07 Å². The van der Waals surface area contributed by atoms with Crippen LogP contribution in [0.15, 0.2) is 23.1 Å². The molecule has 0 unspecified atom stereocenters. The summed E-state index contributed by atoms with van der Waals surface area (Å²) in [6, 6.07) is 5.44. The molecule has 0 radical (unpaired) electrons. The fourth-order valence-electron chi connectivity index (χ4n) is 3.52. The number of hydrogen-bond acceptors (Lipinski definition) is 6. The van der Waals surface area contributed by atoms with Crippen molar-refractivity contribution in [2.24, 2.45) is 0 Å². The number of sulfonamides is 1. The molecule has 1 aliphatic heterocycles. The van der Waals surface area contributed by atoms with Crippen molar-refractivity contribution in [2.75, 3.05) is 31.1 Å². The van der Waals surface area contributed by atoms with Gasteiger partial charge in [0.1, 0.15) is 18.2 Å². The minimum atomic E-state index is -3.59. The number of benzene rings is 1. The van der Waals surface area contributed by atoms with Crippen molar-refractivity contribution < 1.29 is 13.2 Å². The molecule has 158 valence electrons. The first-order valence-corrected chi connectivity index (χ1v) is 11.6. The molecule has 0 atom stereocenters. The molecule has 3 rings (SSSR count). The molecule has 1 saturated heterocycles. The van der Waals surface area contributed by atoms with Gasteiger partial charge in [-0.15, -0.1) is 0 Å². The molecule has 1 fully saturated rings. The SMILES string of the molecule is Cc1nc(OCCNS(=O)(=O)c2cc(C)c(C)cc2C)cc(N2CCCCC2)n1. The van der Waals surface area contributed by atoms with E-state index in [-0.39, 0.29) is 13.2 Å². The number of aromatic nitrogens is 2. The topological polar surface area (TPSA) is 84.4 Å². The van der Waals surface area contributed by atoms with E-state index in [0.29, 0.717) is 16.6 Å². The smallest absolute Gasteiger partial charge is 0.240 e. The molecule has 1 N–H and O–H groups in total. The van der Waals surface area contributed by atoms with Gasteiger partial charge in [-0.3, -0.25) is 0 Å². The van der Waals surface area contributed by atoms with Gasteiger partial charge < -0.3 is 9.64 Å². The number of rotatable bonds is 7. The molecule has 0 spiro atoms. The van der Waals surface area contributed by atoms with Crippen molar-refractivity contribution in [3.8, 4) is 5.88 Å². The molecule has 0 bridgehead atoms. The van der Waals surface area contributed by atoms with Gasteiger partial charge in [-0.05, 0) is 69.7 Å². The standard InChI is InChI=1S/C21H30N4O3S/c1-15-12-17(3)19(13-16(15)2)29(26,27)22-8-11-28-21-14-20(23-18(4)24-21)25-9-6-5-7-10-25/h12-14,22H,5-11H2,1-4H3. The predicted octanol–water partition coefficient (Wildman–Crippen LogP) is 3.06. The van der Waals surface area contributed by atoms with E-state index in [0.717, 1.165) is 35.6 Å². The Kier molecular flexibility index (Phi) is 6.74. The summed E-state index contributed by atoms with van der Waals surface area (Å²) in [6.45, 7) is 9.87. The lowest BCUT2D eigenvalue weighted by Gasteiger charge is -2.28. The van der Waals surface area contributed by atoms with Crippen LogP contribution in [0.1, 0.15) is 41.8 Å². The molecule has 7 nitrogen and oxygen atoms in total. The molecule has 0 aliphatic carbocycles. The molecule has 1 aromatic carbocycles. The van der Waals surface area contributed by atoms with Crippen molar-refractivity contribution in [1.29, 1.82) is 0 Å². The molecule has 1 aliphatic rings. The van der Waals surface area contributed by atoms with Crippen LogP contribution in [0, 0.1) is 27.7 Å². The number of anilines is 1. The summed E-state index contributed by atoms with van der Waals surface area (Å²) in [6.07, 6.45) is 3.59. The van der Waals surface area contributed by atoms with Gasteiger partial charge in [0, 0.05) is 25.7 Å². The maximum atomic E-state index is 12.6. The lowest BCUT2D eigenvalue weighted by atomic mass is 10.1. The Morgan fingerprint density at radius 3 is 2.38 bits per heavy atom. The van der Waals surface area contributed by atoms with E-state index in [1.54, 1.807) is 6.07 Å². The summed E-state index contributed by atoms with van der Waals surface area (Å²) in [7, 11) is -3.59. The van der Waals surface area contributed by atoms with Crippen LogP contribution in [-0.2, 0) is 10.0 Å². The largest absolute Gasteiger partial charge is 0.476 e. The Morgan fingerprint density at radius 2 is 1.66 bits per heavy atom. The summed E-state index contributed by atoms with van der Waals surface area (Å²) >= 11 is 0. The average Bonchev–Trinajstić information content (AvgIpc) is 2.68. The normalized spacial score (nSPS) is 14.8. The van der Waals surface area contributed by atoms with Crippen molar-refractivity contribution in [2.45, 2.75) is 51.9 Å². The second-order valence-electron chi connectivity index (χ2n) is 7.61. The van der Waals surface area contributed by atoms with Gasteiger partial charge in [0.15, 0.2) is 0 Å². The summed E-state index contributed by atoms with van der Waals surface area (Å²) in [5.74, 6) is 1.99. The minimum Gasteiger partial charge on any atom is -0.476 e. The van der Waals surface area contributed by atoms with E-state index in [2.05, 4.69) is 19.6 Å². The quantitative estimate of drug-likeness (QED) is 0.696. The van der Waals surface area contributed by atoms with Gasteiger partial charge in [0.2, 0.25) is 15.9 Å². The van der Waals surface area contributed by atoms with Crippen LogP contribution >= 0.6 is 0 Å². The number of aryl methyl sites for hydroxylation is 4. The van der Waals surface area contributed by atoms with Crippen molar-refractivity contribution in [1.82, 2.24) is 14.7 Å². The summed E-state index contributed by atoms with van der Waals surface area (Å²) in [5.41, 5.74) is 2.77. The number of nitrogens with one attached hydrogen (secondary N) is 1. The summed E-state index contributed by atoms with van der Waals surface area (Å²) in [5, 5.41) is 0. The molecule has 0 amide bonds. The molecule has 29 heavy (non-hydrogen) atoms. The molecular weight excluding hydrogens is 388 g/mol. The zero-order valence-electron chi connectivity index (χ0n) is 17.7. The first kappa shape index (κ1) is 21.5. The monoisotopic (exact) mass is 418 g/mol. The lowest BCUT2D eigenvalue weighted by molar-refractivity contribution is 0.309. The zero-order valence-corrected chi connectivity index (χ0v) is 18.5. The second-order valence-corrected chi connectivity index (χ2v) is 9.34. The number of ether oxygens (including phenoxy) is 1. The van der Waals surface area contributed by atoms with Crippen molar-refractivity contribution in [3.05, 3.63) is 40.7 Å². The Bertz CT molecular complexity index is 970. The molecular formula is C21H30N4O3S. The third-order valence-corrected chi connectivity index (χ3v) is 6.81. The third kappa shape index (κ3) is 5.45. The maximum absolute atomic E-state index is 12.6. The van der Waals surface area contributed by atoms with Crippen molar-refractivity contribution in [3.63, 3.8) is 0 Å². The highest BCUT2D eigenvalue weighted by Crippen LogP contribution is 2.22. The first-order valence-electron chi connectivity index (χ1n) is 10.1. The van der Waals surface area contributed by atoms with Crippen molar-refractivity contribution >= 4 is 15.8 Å². The van der Waals surface area contributed by atoms with Crippen LogP contribution in [0.2, 0.25) is 0 Å². The molecule has 1 aromatic heterocycles. The van der Waals surface area contributed by atoms with Gasteiger partial charge in [0.05, 0.1) is 4.90 Å². The van der Waals surface area contributed by atoms with Gasteiger partial charge >= 0.3 is 0 Å². The van der Waals surface area contributed by atoms with Gasteiger partial charge in [-0.2, -0.15) is 4.98 Å². The van der Waals surface area contributed by atoms with E-state index in [1.165, 1.54) is 19.3 Å². The van der Waals surface area contributed by atoms with Crippen LogP contribution < -0.4 is 14.4 Å². The Balaban J connectivity index is 1.60. The minimum absolute atomic E-state index is 0.163. The Hall–Kier alpha value is -2.19. The Morgan fingerprint density at radius 1 is 0.966 bits per heavy atom. The highest BCUT2D eigenvalue weighted by Gasteiger charge is 2.18. The van der Waals surface area contributed by atoms with E-state index in [1.807, 2.05) is 39.8 Å². The number of nitrogens with zero attached hydrogens (tertiary/aromatic N) is 3. The predicted molar refractivity (Wildman–Crippen MR) is 114 cm³/mol. The molecule has 2 aromatic rings. The van der Waals surface area contributed by atoms with Crippen LogP contribution in [-0.4, -0.2) is 44.6 Å². The van der Waals surface area contributed by atoms with Gasteiger partial charge in [-0.25, -0.2) is 18.1 Å². The highest BCUT2D eigenvalue weighted by molar-refractivity contribution is 7.89. The first-order chi connectivity index (χ1) is 13.8. The maximum Gasteiger partial charge on any atom is 0.240 e. The van der Waals surface area contributed by atoms with E-state index >= 15 is 0 Å². The van der Waals surface area contributed by atoms with Crippen LogP contribution in [0.3, 0.4) is 0 Å². The number of hydrogen-bond donors (Lipinski definition) is 1. The molecule has 0 saturated carbocycles. The molecule has 8 heteroatoms. The lowest BCUT2D eigenvalue weighted by Crippen LogP contribution is -2.30. The average molecular weight is 419 g/mol. The van der Waals surface area contributed by atoms with E-state index in [4.69, 9.17) is 4.74 Å². The highest BCUT2D eigenvalue weighted by atomic mass is 32.2. The van der Waals surface area contributed by atoms with Crippen LogP contribution in [0.5, 0.6) is 5.88 Å². The van der Waals surface area contributed by atoms with Gasteiger partial charge in [0.25, 0.3) is 0 Å². The van der Waals surface area contributed by atoms with Crippen LogP contribution in [0.4, 0.5) is 5.82 Å². The Labute approximate surface area is 173 Å². The second kappa shape index (κ2) is 9.09. The fourth-order valence-corrected chi connectivity index (χ4v) is 4.84. The molecule has 2 heterocycles. The van der Waals surface area contributed by atoms with E-state index < -0.39 is 10.0 Å². The van der Waals surface area contributed by atoms with E-state index in [9.17, 15) is 8.42 Å². The fraction of sp³-hybridized carbons (Fsp3) is 0.524. The number of piperidine rings is 1. The van der Waals surface area contributed by atoms with Crippen LogP contribution in [0.25, 0.3) is 0 Å². The summed E-state index contributed by atoms with van der Waals surface area (Å²) < 4.78 is 33.6. The summed E-state index contributed by atoms with van der Waals surface area (Å²) in [4.78, 5) is 11.4.